The number of halogens is 3. The van der Waals surface area contributed by atoms with Gasteiger partial charge >= 0.3 is 0 Å². The Hall–Kier alpha value is -4.41. The number of fused-ring (bicyclic) bond motifs is 5. The molecule has 11 heteroatoms. The number of benzene rings is 1. The Balaban J connectivity index is 1.56. The summed E-state index contributed by atoms with van der Waals surface area (Å²) in [6.45, 7) is 12.6. The van der Waals surface area contributed by atoms with E-state index >= 15 is 13.2 Å². The number of rotatable bonds is 3. The predicted molar refractivity (Wildman–Crippen MR) is 177 cm³/mol. The number of aryl methyl sites for hydroxylation is 1. The number of pyridine rings is 2. The molecular weight excluding hydrogens is 605 g/mol. The maximum atomic E-state index is 16.4. The van der Waals surface area contributed by atoms with Gasteiger partial charge < -0.3 is 19.9 Å². The SMILES string of the molecule is C=CC(=O)N1C[C@H](C)N(/C(=N/C)c2cc(F)c3nc2Nc2c(ccnc2C(C)C)CCC2(CC2)COc2c(F)ccc(F)c2-3)C[C@H]1C. The van der Waals surface area contributed by atoms with E-state index in [1.165, 1.54) is 12.1 Å². The summed E-state index contributed by atoms with van der Waals surface area (Å²) in [4.78, 5) is 30.4. The molecule has 248 valence electrons. The summed E-state index contributed by atoms with van der Waals surface area (Å²) in [7, 11) is 1.62. The molecule has 2 fully saturated rings. The Kier molecular flexibility index (Phi) is 8.76. The fourth-order valence-electron chi connectivity index (χ4n) is 6.77. The highest BCUT2D eigenvalue weighted by molar-refractivity contribution is 6.04. The maximum absolute atomic E-state index is 16.4. The molecule has 2 aromatic heterocycles. The van der Waals surface area contributed by atoms with Gasteiger partial charge in [-0.15, -0.1) is 0 Å². The van der Waals surface area contributed by atoms with Crippen LogP contribution in [0.1, 0.15) is 69.7 Å². The molecule has 1 amide bonds. The number of carbonyl (C=O) groups excluding carboxylic acids is 1. The lowest BCUT2D eigenvalue weighted by Gasteiger charge is -2.45. The van der Waals surface area contributed by atoms with E-state index in [1.54, 1.807) is 18.1 Å². The summed E-state index contributed by atoms with van der Waals surface area (Å²) in [6, 6.07) is 4.83. The van der Waals surface area contributed by atoms with Gasteiger partial charge in [0.25, 0.3) is 0 Å². The lowest BCUT2D eigenvalue weighted by molar-refractivity contribution is -0.130. The minimum atomic E-state index is -0.853. The van der Waals surface area contributed by atoms with Crippen molar-refractivity contribution >= 4 is 23.2 Å². The third-order valence-corrected chi connectivity index (χ3v) is 9.70. The average Bonchev–Trinajstić information content (AvgIpc) is 3.82. The second-order valence-corrected chi connectivity index (χ2v) is 13.3. The van der Waals surface area contributed by atoms with E-state index in [0.29, 0.717) is 30.9 Å². The van der Waals surface area contributed by atoms with Crippen molar-refractivity contribution in [1.82, 2.24) is 19.8 Å². The van der Waals surface area contributed by atoms with Crippen molar-refractivity contribution in [3.8, 4) is 17.0 Å². The van der Waals surface area contributed by atoms with E-state index in [4.69, 9.17) is 14.7 Å². The molecule has 0 unspecified atom stereocenters. The van der Waals surface area contributed by atoms with Crippen molar-refractivity contribution in [2.45, 2.75) is 71.4 Å². The second-order valence-electron chi connectivity index (χ2n) is 13.3. The van der Waals surface area contributed by atoms with E-state index in [-0.39, 0.29) is 58.8 Å². The number of amides is 1. The average molecular weight is 647 g/mol. The summed E-state index contributed by atoms with van der Waals surface area (Å²) < 4.78 is 53.4. The lowest BCUT2D eigenvalue weighted by Crippen LogP contribution is -2.59. The molecule has 1 saturated heterocycles. The Bertz CT molecular complexity index is 1750. The molecule has 3 aromatic rings. The largest absolute Gasteiger partial charge is 0.489 e. The topological polar surface area (TPSA) is 83.0 Å². The quantitative estimate of drug-likeness (QED) is 0.187. The minimum absolute atomic E-state index is 0.0395. The molecule has 2 aliphatic heterocycles. The highest BCUT2D eigenvalue weighted by Gasteiger charge is 2.44. The van der Waals surface area contributed by atoms with Gasteiger partial charge in [-0.05, 0) is 81.4 Å². The summed E-state index contributed by atoms with van der Waals surface area (Å²) in [5.74, 6) is -2.28. The van der Waals surface area contributed by atoms with Gasteiger partial charge in [-0.3, -0.25) is 14.8 Å². The van der Waals surface area contributed by atoms with Crippen LogP contribution in [0, 0.1) is 22.9 Å². The Morgan fingerprint density at radius 2 is 1.79 bits per heavy atom. The van der Waals surface area contributed by atoms with Gasteiger partial charge in [-0.1, -0.05) is 20.4 Å². The molecule has 3 aliphatic rings. The van der Waals surface area contributed by atoms with Crippen LogP contribution in [0.5, 0.6) is 5.75 Å². The molecule has 1 saturated carbocycles. The predicted octanol–water partition coefficient (Wildman–Crippen LogP) is 7.02. The van der Waals surface area contributed by atoms with Crippen LogP contribution < -0.4 is 10.1 Å². The third-order valence-electron chi connectivity index (χ3n) is 9.70. The molecule has 1 spiro atoms. The number of amidine groups is 1. The third kappa shape index (κ3) is 6.07. The number of nitrogens with one attached hydrogen (secondary N) is 1. The molecule has 8 nitrogen and oxygen atoms in total. The lowest BCUT2D eigenvalue weighted by atomic mass is 9.95. The van der Waals surface area contributed by atoms with Gasteiger partial charge in [0.1, 0.15) is 23.2 Å². The van der Waals surface area contributed by atoms with Gasteiger partial charge in [0.05, 0.1) is 29.1 Å². The molecule has 2 atom stereocenters. The van der Waals surface area contributed by atoms with Crippen LogP contribution in [0.15, 0.2) is 48.1 Å². The molecular formula is C36H41F3N6O2. The standard InChI is InChI=1S/C36H41F3N6O2/c1-7-28(46)44-17-22(5)45(18-21(44)4)35(40-6)24-16-27(39)32-29-25(37)8-9-26(38)33(29)47-19-36(13-14-36)12-10-23-11-15-41-30(20(2)3)31(23)42-34(24)43-32/h7-9,11,15-16,20-22H,1,10,12-14,17-19H2,2-6H3,(H,42,43)/b40-35+/t21-,22+/m1/s1. The van der Waals surface area contributed by atoms with Crippen molar-refractivity contribution < 1.29 is 22.7 Å². The molecule has 2 bridgehead atoms. The maximum Gasteiger partial charge on any atom is 0.246 e. The molecule has 4 heterocycles. The first-order chi connectivity index (χ1) is 22.5. The Morgan fingerprint density at radius 3 is 2.47 bits per heavy atom. The number of piperazine rings is 1. The number of carbonyl (C=O) groups is 1. The molecule has 1 N–H and O–H groups in total. The van der Waals surface area contributed by atoms with Gasteiger partial charge in [-0.25, -0.2) is 18.2 Å². The van der Waals surface area contributed by atoms with Crippen molar-refractivity contribution in [3.05, 3.63) is 77.4 Å². The molecule has 0 radical (unpaired) electrons. The van der Waals surface area contributed by atoms with E-state index < -0.39 is 17.5 Å². The van der Waals surface area contributed by atoms with Crippen LogP contribution in [0.3, 0.4) is 0 Å². The summed E-state index contributed by atoms with van der Waals surface area (Å²) in [5.41, 5.74) is 1.98. The number of hydrogen-bond donors (Lipinski definition) is 1. The second kappa shape index (κ2) is 12.7. The van der Waals surface area contributed by atoms with Gasteiger partial charge in [0.2, 0.25) is 5.91 Å². The van der Waals surface area contributed by atoms with Gasteiger partial charge in [-0.2, -0.15) is 0 Å². The molecule has 6 rings (SSSR count). The number of ether oxygens (including phenoxy) is 1. The Morgan fingerprint density at radius 1 is 1.09 bits per heavy atom. The molecule has 1 aromatic carbocycles. The number of aliphatic imine (C=N–C) groups is 1. The fraction of sp³-hybridized carbons (Fsp3) is 0.444. The van der Waals surface area contributed by atoms with Crippen LogP contribution in [0.25, 0.3) is 11.3 Å². The van der Waals surface area contributed by atoms with Crippen LogP contribution in [0.4, 0.5) is 24.7 Å². The highest BCUT2D eigenvalue weighted by atomic mass is 19.1. The van der Waals surface area contributed by atoms with Crippen LogP contribution in [0.2, 0.25) is 0 Å². The number of nitrogens with zero attached hydrogens (tertiary/aromatic N) is 5. The van der Waals surface area contributed by atoms with Crippen LogP contribution in [-0.4, -0.2) is 70.3 Å². The van der Waals surface area contributed by atoms with E-state index in [1.807, 2.05) is 38.7 Å². The minimum Gasteiger partial charge on any atom is -0.489 e. The van der Waals surface area contributed by atoms with Crippen LogP contribution in [-0.2, 0) is 11.2 Å². The number of hydrogen-bond acceptors (Lipinski definition) is 6. The van der Waals surface area contributed by atoms with Crippen molar-refractivity contribution in [2.24, 2.45) is 10.4 Å². The van der Waals surface area contributed by atoms with Gasteiger partial charge in [0, 0.05) is 43.8 Å². The fourth-order valence-corrected chi connectivity index (χ4v) is 6.77. The monoisotopic (exact) mass is 646 g/mol. The van der Waals surface area contributed by atoms with Crippen molar-refractivity contribution in [1.29, 1.82) is 0 Å². The molecule has 47 heavy (non-hydrogen) atoms. The molecule has 1 aliphatic carbocycles. The van der Waals surface area contributed by atoms with E-state index in [2.05, 4.69) is 16.9 Å². The van der Waals surface area contributed by atoms with E-state index in [0.717, 1.165) is 48.3 Å². The normalized spacial score (nSPS) is 20.7. The first kappa shape index (κ1) is 32.5. The number of anilines is 2. The number of aromatic nitrogens is 2. The smallest absolute Gasteiger partial charge is 0.246 e. The zero-order valence-electron chi connectivity index (χ0n) is 27.5. The summed E-state index contributed by atoms with van der Waals surface area (Å²) in [5, 5.41) is 3.49. The van der Waals surface area contributed by atoms with Crippen molar-refractivity contribution in [2.75, 3.05) is 32.1 Å². The van der Waals surface area contributed by atoms with E-state index in [9.17, 15) is 4.79 Å². The first-order valence-electron chi connectivity index (χ1n) is 16.2. The van der Waals surface area contributed by atoms with Crippen LogP contribution >= 0.6 is 0 Å². The van der Waals surface area contributed by atoms with Crippen molar-refractivity contribution in [3.63, 3.8) is 0 Å². The summed E-state index contributed by atoms with van der Waals surface area (Å²) >= 11 is 0. The zero-order chi connectivity index (χ0) is 33.6. The first-order valence-corrected chi connectivity index (χ1v) is 16.2. The summed E-state index contributed by atoms with van der Waals surface area (Å²) in [6.07, 6.45) is 6.35. The zero-order valence-corrected chi connectivity index (χ0v) is 27.5. The Labute approximate surface area is 273 Å². The highest BCUT2D eigenvalue weighted by Crippen LogP contribution is 2.51. The van der Waals surface area contributed by atoms with Gasteiger partial charge in [0.15, 0.2) is 17.4 Å².